The van der Waals surface area contributed by atoms with Crippen molar-refractivity contribution in [1.29, 1.82) is 0 Å². The Morgan fingerprint density at radius 1 is 1.25 bits per heavy atom. The highest BCUT2D eigenvalue weighted by Gasteiger charge is 2.10. The molecular formula is C11H9N3O2. The predicted molar refractivity (Wildman–Crippen MR) is 58.4 cm³/mol. The summed E-state index contributed by atoms with van der Waals surface area (Å²) in [5.41, 5.74) is 4.94. The maximum absolute atomic E-state index is 11.8. The fourth-order valence-electron chi connectivity index (χ4n) is 1.37. The number of carbonyl (C=O) groups is 1. The van der Waals surface area contributed by atoms with Crippen LogP contribution < -0.4 is 11.3 Å². The van der Waals surface area contributed by atoms with Crippen molar-refractivity contribution in [3.8, 4) is 5.69 Å². The maximum atomic E-state index is 11.8. The number of carbonyl (C=O) groups excluding carboxylic acids is 1. The molecule has 0 atom stereocenters. The number of benzene rings is 1. The molecule has 0 saturated carbocycles. The summed E-state index contributed by atoms with van der Waals surface area (Å²) < 4.78 is 1.33. The van der Waals surface area contributed by atoms with E-state index in [-0.39, 0.29) is 5.69 Å². The minimum atomic E-state index is -0.824. The number of nitrogens with two attached hydrogens (primary N) is 1. The number of amides is 1. The lowest BCUT2D eigenvalue weighted by Gasteiger charge is -2.05. The minimum absolute atomic E-state index is 0.258. The molecule has 1 aromatic heterocycles. The first kappa shape index (κ1) is 10.1. The second-order valence-electron chi connectivity index (χ2n) is 3.15. The Kier molecular flexibility index (Phi) is 2.51. The molecule has 2 rings (SSSR count). The van der Waals surface area contributed by atoms with Crippen molar-refractivity contribution in [1.82, 2.24) is 9.55 Å². The van der Waals surface area contributed by atoms with Gasteiger partial charge in [0, 0.05) is 18.1 Å². The molecule has 0 spiro atoms. The summed E-state index contributed by atoms with van der Waals surface area (Å²) >= 11 is 0. The molecule has 0 saturated heterocycles. The van der Waals surface area contributed by atoms with Gasteiger partial charge in [-0.1, -0.05) is 18.2 Å². The number of nitrogens with zero attached hydrogens (tertiary/aromatic N) is 2. The highest BCUT2D eigenvalue weighted by molar-refractivity contribution is 5.90. The van der Waals surface area contributed by atoms with Gasteiger partial charge in [0.25, 0.3) is 11.5 Å². The summed E-state index contributed by atoms with van der Waals surface area (Å²) in [5, 5.41) is 0. The molecule has 0 fully saturated rings. The Labute approximate surface area is 91.2 Å². The highest BCUT2D eigenvalue weighted by Crippen LogP contribution is 2.02. The van der Waals surface area contributed by atoms with E-state index < -0.39 is 11.5 Å². The van der Waals surface area contributed by atoms with Gasteiger partial charge in [-0.3, -0.25) is 14.2 Å². The van der Waals surface area contributed by atoms with Crippen LogP contribution in [0.1, 0.15) is 10.5 Å². The third-order valence-electron chi connectivity index (χ3n) is 2.11. The summed E-state index contributed by atoms with van der Waals surface area (Å²) in [7, 11) is 0. The number of primary amides is 1. The number of aromatic nitrogens is 2. The van der Waals surface area contributed by atoms with Crippen molar-refractivity contribution in [2.45, 2.75) is 0 Å². The van der Waals surface area contributed by atoms with Gasteiger partial charge in [0.2, 0.25) is 0 Å². The lowest BCUT2D eigenvalue weighted by atomic mass is 10.3. The molecule has 1 heterocycles. The van der Waals surface area contributed by atoms with Crippen LogP contribution in [0.25, 0.3) is 5.69 Å². The van der Waals surface area contributed by atoms with Crippen molar-refractivity contribution in [2.75, 3.05) is 0 Å². The first-order valence-corrected chi connectivity index (χ1v) is 4.63. The van der Waals surface area contributed by atoms with Crippen LogP contribution in [0.2, 0.25) is 0 Å². The maximum Gasteiger partial charge on any atom is 0.286 e. The molecule has 0 aliphatic carbocycles. The highest BCUT2D eigenvalue weighted by atomic mass is 16.2. The second-order valence-corrected chi connectivity index (χ2v) is 3.15. The van der Waals surface area contributed by atoms with Crippen molar-refractivity contribution < 1.29 is 4.79 Å². The zero-order valence-corrected chi connectivity index (χ0v) is 8.33. The van der Waals surface area contributed by atoms with Crippen LogP contribution in [0.3, 0.4) is 0 Å². The van der Waals surface area contributed by atoms with Gasteiger partial charge in [-0.25, -0.2) is 4.98 Å². The zero-order chi connectivity index (χ0) is 11.5. The van der Waals surface area contributed by atoms with Crippen molar-refractivity contribution in [3.63, 3.8) is 0 Å². The van der Waals surface area contributed by atoms with E-state index in [2.05, 4.69) is 4.98 Å². The molecule has 0 radical (unpaired) electrons. The average Bonchev–Trinajstić information content (AvgIpc) is 2.30. The third-order valence-corrected chi connectivity index (χ3v) is 2.11. The second kappa shape index (κ2) is 3.98. The molecule has 80 valence electrons. The standard InChI is InChI=1S/C11H9N3O2/c12-10(15)9-11(16)14(7-6-13-9)8-4-2-1-3-5-8/h1-7H,(H2,12,15). The summed E-state index contributed by atoms with van der Waals surface area (Å²) in [6.07, 6.45) is 2.86. The third kappa shape index (κ3) is 1.70. The smallest absolute Gasteiger partial charge is 0.286 e. The van der Waals surface area contributed by atoms with Gasteiger partial charge >= 0.3 is 0 Å². The molecule has 16 heavy (non-hydrogen) atoms. The first-order valence-electron chi connectivity index (χ1n) is 4.63. The predicted octanol–water partition coefficient (Wildman–Crippen LogP) is 0.331. The van der Waals surface area contributed by atoms with Crippen molar-refractivity contribution >= 4 is 5.91 Å². The van der Waals surface area contributed by atoms with Crippen LogP contribution in [-0.4, -0.2) is 15.5 Å². The van der Waals surface area contributed by atoms with E-state index in [0.29, 0.717) is 5.69 Å². The van der Waals surface area contributed by atoms with Gasteiger partial charge in [-0.2, -0.15) is 0 Å². The van der Waals surface area contributed by atoms with Crippen LogP contribution in [0.15, 0.2) is 47.5 Å². The van der Waals surface area contributed by atoms with E-state index in [4.69, 9.17) is 5.73 Å². The van der Waals surface area contributed by atoms with Crippen LogP contribution >= 0.6 is 0 Å². The molecule has 5 nitrogen and oxygen atoms in total. The van der Waals surface area contributed by atoms with E-state index in [1.165, 1.54) is 17.0 Å². The van der Waals surface area contributed by atoms with Gasteiger partial charge < -0.3 is 5.73 Å². The Morgan fingerprint density at radius 2 is 1.94 bits per heavy atom. The normalized spacial score (nSPS) is 10.0. The lowest BCUT2D eigenvalue weighted by molar-refractivity contribution is 0.0993. The molecule has 5 heteroatoms. The van der Waals surface area contributed by atoms with Gasteiger partial charge in [-0.15, -0.1) is 0 Å². The number of hydrogen-bond donors (Lipinski definition) is 1. The Balaban J connectivity index is 2.64. The molecule has 0 aliphatic rings. The van der Waals surface area contributed by atoms with Crippen molar-refractivity contribution in [2.24, 2.45) is 5.73 Å². The molecule has 2 N–H and O–H groups in total. The van der Waals surface area contributed by atoms with Crippen LogP contribution in [0.4, 0.5) is 0 Å². The van der Waals surface area contributed by atoms with Crippen LogP contribution in [0, 0.1) is 0 Å². The summed E-state index contributed by atoms with van der Waals surface area (Å²) in [6.45, 7) is 0. The van der Waals surface area contributed by atoms with Gasteiger partial charge in [-0.05, 0) is 12.1 Å². The van der Waals surface area contributed by atoms with E-state index >= 15 is 0 Å². The summed E-state index contributed by atoms with van der Waals surface area (Å²) in [4.78, 5) is 26.4. The molecule has 1 amide bonds. The minimum Gasteiger partial charge on any atom is -0.364 e. The van der Waals surface area contributed by atoms with E-state index in [9.17, 15) is 9.59 Å². The largest absolute Gasteiger partial charge is 0.364 e. The Hall–Kier alpha value is -2.43. The van der Waals surface area contributed by atoms with Crippen molar-refractivity contribution in [3.05, 3.63) is 58.8 Å². The molecule has 0 aliphatic heterocycles. The molecule has 1 aromatic carbocycles. The van der Waals surface area contributed by atoms with Gasteiger partial charge in [0.1, 0.15) is 0 Å². The zero-order valence-electron chi connectivity index (χ0n) is 8.33. The average molecular weight is 215 g/mol. The fraction of sp³-hybridized carbons (Fsp3) is 0. The Bertz CT molecular complexity index is 575. The number of rotatable bonds is 2. The Morgan fingerprint density at radius 3 is 2.56 bits per heavy atom. The molecule has 0 unspecified atom stereocenters. The molecular weight excluding hydrogens is 206 g/mol. The fourth-order valence-corrected chi connectivity index (χ4v) is 1.37. The van der Waals surface area contributed by atoms with E-state index in [1.54, 1.807) is 24.3 Å². The van der Waals surface area contributed by atoms with E-state index in [1.807, 2.05) is 6.07 Å². The monoisotopic (exact) mass is 215 g/mol. The summed E-state index contributed by atoms with van der Waals surface area (Å²) in [6, 6.07) is 8.95. The quantitative estimate of drug-likeness (QED) is 0.784. The first-order chi connectivity index (χ1) is 7.70. The van der Waals surface area contributed by atoms with Crippen LogP contribution in [-0.2, 0) is 0 Å². The molecule has 0 bridgehead atoms. The lowest BCUT2D eigenvalue weighted by Crippen LogP contribution is -2.29. The molecule has 2 aromatic rings. The van der Waals surface area contributed by atoms with E-state index in [0.717, 1.165) is 0 Å². The number of hydrogen-bond acceptors (Lipinski definition) is 3. The topological polar surface area (TPSA) is 78.0 Å². The summed E-state index contributed by atoms with van der Waals surface area (Å²) in [5.74, 6) is -0.824. The van der Waals surface area contributed by atoms with Crippen LogP contribution in [0.5, 0.6) is 0 Å². The van der Waals surface area contributed by atoms with Gasteiger partial charge in [0.05, 0.1) is 0 Å². The SMILES string of the molecule is NC(=O)c1nccn(-c2ccccc2)c1=O. The van der Waals surface area contributed by atoms with Gasteiger partial charge in [0.15, 0.2) is 5.69 Å². The number of para-hydroxylation sites is 1.